The van der Waals surface area contributed by atoms with Crippen LogP contribution in [-0.4, -0.2) is 25.1 Å². The highest BCUT2D eigenvalue weighted by Gasteiger charge is 2.09. The van der Waals surface area contributed by atoms with Gasteiger partial charge >= 0.3 is 6.01 Å². The molecule has 9 nitrogen and oxygen atoms in total. The lowest BCUT2D eigenvalue weighted by Gasteiger charge is -2.08. The second kappa shape index (κ2) is 8.54. The largest absolute Gasteiger partial charge is 0.424 e. The lowest BCUT2D eigenvalue weighted by molar-refractivity contribution is -0.384. The molecule has 2 aromatic carbocycles. The summed E-state index contributed by atoms with van der Waals surface area (Å²) in [5.74, 6) is 1.16. The van der Waals surface area contributed by atoms with E-state index >= 15 is 0 Å². The molecule has 0 aliphatic heterocycles. The molecule has 0 saturated carbocycles. The minimum absolute atomic E-state index is 0.00929. The normalized spacial score (nSPS) is 10.5. The SMILES string of the molecule is Cc1cc(C)nc(Oc2ccc(Nc3ccc(-c4cccc([N+](=O)[O-])c4)nn3)cc2)n1. The topological polar surface area (TPSA) is 116 Å². The molecule has 0 fully saturated rings. The third-order valence-electron chi connectivity index (χ3n) is 4.31. The van der Waals surface area contributed by atoms with Crippen molar-refractivity contribution in [1.29, 1.82) is 0 Å². The minimum atomic E-state index is -0.438. The molecule has 0 aliphatic carbocycles. The fraction of sp³-hybridized carbons (Fsp3) is 0.0909. The van der Waals surface area contributed by atoms with Gasteiger partial charge in [-0.15, -0.1) is 10.2 Å². The number of aryl methyl sites for hydroxylation is 2. The fourth-order valence-corrected chi connectivity index (χ4v) is 2.93. The average molecular weight is 414 g/mol. The summed E-state index contributed by atoms with van der Waals surface area (Å²) in [6.45, 7) is 3.78. The Hall–Kier alpha value is -4.40. The molecule has 0 bridgehead atoms. The number of nitro benzene ring substituents is 1. The van der Waals surface area contributed by atoms with Gasteiger partial charge in [0.2, 0.25) is 0 Å². The van der Waals surface area contributed by atoms with Gasteiger partial charge in [-0.25, -0.2) is 9.97 Å². The molecule has 0 aliphatic rings. The van der Waals surface area contributed by atoms with Crippen molar-refractivity contribution >= 4 is 17.2 Å². The summed E-state index contributed by atoms with van der Waals surface area (Å²) in [5.41, 5.74) is 3.66. The number of ether oxygens (including phenoxy) is 1. The summed E-state index contributed by atoms with van der Waals surface area (Å²) in [6.07, 6.45) is 0. The number of hydrogen-bond acceptors (Lipinski definition) is 8. The van der Waals surface area contributed by atoms with Crippen LogP contribution in [0.1, 0.15) is 11.4 Å². The van der Waals surface area contributed by atoms with E-state index in [1.54, 1.807) is 36.4 Å². The molecule has 2 aromatic heterocycles. The maximum atomic E-state index is 10.9. The summed E-state index contributed by atoms with van der Waals surface area (Å²) in [4.78, 5) is 19.0. The zero-order chi connectivity index (χ0) is 21.8. The van der Waals surface area contributed by atoms with Crippen molar-refractivity contribution in [3.05, 3.63) is 88.2 Å². The van der Waals surface area contributed by atoms with Crippen LogP contribution in [0.5, 0.6) is 11.8 Å². The Balaban J connectivity index is 1.43. The van der Waals surface area contributed by atoms with E-state index in [1.807, 2.05) is 32.0 Å². The predicted molar refractivity (Wildman–Crippen MR) is 115 cm³/mol. The number of rotatable bonds is 6. The number of non-ortho nitro benzene ring substituents is 1. The van der Waals surface area contributed by atoms with Gasteiger partial charge in [0.1, 0.15) is 5.75 Å². The monoisotopic (exact) mass is 414 g/mol. The standard InChI is InChI=1S/C22H18N6O3/c1-14-12-15(2)24-22(23-14)31-19-8-6-17(7-9-19)25-21-11-10-20(26-27-21)16-4-3-5-18(13-16)28(29)30/h3-13H,1-2H3,(H,25,27). The Morgan fingerprint density at radius 2 is 1.65 bits per heavy atom. The maximum Gasteiger partial charge on any atom is 0.322 e. The van der Waals surface area contributed by atoms with Crippen molar-refractivity contribution in [2.24, 2.45) is 0 Å². The van der Waals surface area contributed by atoms with E-state index in [4.69, 9.17) is 4.74 Å². The molecule has 0 radical (unpaired) electrons. The van der Waals surface area contributed by atoms with Crippen LogP contribution in [-0.2, 0) is 0 Å². The summed E-state index contributed by atoms with van der Waals surface area (Å²) < 4.78 is 5.71. The zero-order valence-corrected chi connectivity index (χ0v) is 16.8. The van der Waals surface area contributed by atoms with Crippen LogP contribution in [0.4, 0.5) is 17.2 Å². The van der Waals surface area contributed by atoms with E-state index < -0.39 is 4.92 Å². The van der Waals surface area contributed by atoms with Gasteiger partial charge < -0.3 is 10.1 Å². The molecular weight excluding hydrogens is 396 g/mol. The van der Waals surface area contributed by atoms with Crippen molar-refractivity contribution in [3.8, 4) is 23.0 Å². The smallest absolute Gasteiger partial charge is 0.322 e. The molecule has 9 heteroatoms. The Morgan fingerprint density at radius 3 is 2.29 bits per heavy atom. The van der Waals surface area contributed by atoms with Gasteiger partial charge in [0, 0.05) is 34.8 Å². The van der Waals surface area contributed by atoms with Crippen molar-refractivity contribution in [2.45, 2.75) is 13.8 Å². The molecule has 31 heavy (non-hydrogen) atoms. The van der Waals surface area contributed by atoms with Crippen LogP contribution in [0.2, 0.25) is 0 Å². The van der Waals surface area contributed by atoms with E-state index in [0.29, 0.717) is 28.8 Å². The maximum absolute atomic E-state index is 10.9. The van der Waals surface area contributed by atoms with Gasteiger partial charge in [0.05, 0.1) is 10.6 Å². The first-order valence-electron chi connectivity index (χ1n) is 9.42. The molecule has 4 rings (SSSR count). The Kier molecular flexibility index (Phi) is 5.48. The van der Waals surface area contributed by atoms with Gasteiger partial charge in [0.25, 0.3) is 5.69 Å². The van der Waals surface area contributed by atoms with Crippen LogP contribution in [0.25, 0.3) is 11.3 Å². The first-order valence-corrected chi connectivity index (χ1v) is 9.42. The number of aromatic nitrogens is 4. The number of nitrogens with zero attached hydrogens (tertiary/aromatic N) is 5. The van der Waals surface area contributed by atoms with Gasteiger partial charge in [-0.3, -0.25) is 10.1 Å². The first kappa shape index (κ1) is 19.9. The minimum Gasteiger partial charge on any atom is -0.424 e. The lowest BCUT2D eigenvalue weighted by atomic mass is 10.1. The highest BCUT2D eigenvalue weighted by molar-refractivity contribution is 5.64. The van der Waals surface area contributed by atoms with Crippen molar-refractivity contribution < 1.29 is 9.66 Å². The quantitative estimate of drug-likeness (QED) is 0.346. The Bertz CT molecular complexity index is 1210. The number of benzene rings is 2. The summed E-state index contributed by atoms with van der Waals surface area (Å²) in [6, 6.07) is 19.3. The van der Waals surface area contributed by atoms with Gasteiger partial charge in [-0.2, -0.15) is 0 Å². The van der Waals surface area contributed by atoms with Gasteiger partial charge in [-0.1, -0.05) is 12.1 Å². The average Bonchev–Trinajstić information content (AvgIpc) is 2.75. The van der Waals surface area contributed by atoms with Crippen LogP contribution in [0, 0.1) is 24.0 Å². The Morgan fingerprint density at radius 1 is 0.903 bits per heavy atom. The molecule has 0 saturated heterocycles. The van der Waals surface area contributed by atoms with E-state index in [9.17, 15) is 10.1 Å². The molecule has 0 spiro atoms. The number of hydrogen-bond donors (Lipinski definition) is 1. The van der Waals surface area contributed by atoms with E-state index in [-0.39, 0.29) is 5.69 Å². The number of nitro groups is 1. The highest BCUT2D eigenvalue weighted by atomic mass is 16.6. The predicted octanol–water partition coefficient (Wildman–Crippen LogP) is 4.99. The second-order valence-corrected chi connectivity index (χ2v) is 6.80. The third kappa shape index (κ3) is 4.96. The van der Waals surface area contributed by atoms with E-state index in [1.165, 1.54) is 12.1 Å². The van der Waals surface area contributed by atoms with Crippen LogP contribution in [0.3, 0.4) is 0 Å². The van der Waals surface area contributed by atoms with Crippen LogP contribution < -0.4 is 10.1 Å². The van der Waals surface area contributed by atoms with Crippen LogP contribution in [0.15, 0.2) is 66.7 Å². The lowest BCUT2D eigenvalue weighted by Crippen LogP contribution is -1.98. The summed E-state index contributed by atoms with van der Waals surface area (Å²) >= 11 is 0. The highest BCUT2D eigenvalue weighted by Crippen LogP contribution is 2.25. The van der Waals surface area contributed by atoms with Crippen molar-refractivity contribution in [3.63, 3.8) is 0 Å². The molecule has 4 aromatic rings. The molecule has 0 atom stereocenters. The summed E-state index contributed by atoms with van der Waals surface area (Å²) in [5, 5.41) is 22.4. The molecule has 154 valence electrons. The molecule has 1 N–H and O–H groups in total. The fourth-order valence-electron chi connectivity index (χ4n) is 2.93. The van der Waals surface area contributed by atoms with Gasteiger partial charge in [-0.05, 0) is 56.3 Å². The molecule has 2 heterocycles. The van der Waals surface area contributed by atoms with Crippen molar-refractivity contribution in [2.75, 3.05) is 5.32 Å². The molecule has 0 amide bonds. The van der Waals surface area contributed by atoms with Crippen molar-refractivity contribution in [1.82, 2.24) is 20.2 Å². The third-order valence-corrected chi connectivity index (χ3v) is 4.31. The second-order valence-electron chi connectivity index (χ2n) is 6.80. The first-order chi connectivity index (χ1) is 15.0. The van der Waals surface area contributed by atoms with Crippen LogP contribution >= 0.6 is 0 Å². The number of nitrogens with one attached hydrogen (secondary N) is 1. The van der Waals surface area contributed by atoms with Gasteiger partial charge in [0.15, 0.2) is 5.82 Å². The number of anilines is 2. The molecule has 0 unspecified atom stereocenters. The van der Waals surface area contributed by atoms with E-state index in [2.05, 4.69) is 25.5 Å². The molecular formula is C22H18N6O3. The zero-order valence-electron chi connectivity index (χ0n) is 16.8. The summed E-state index contributed by atoms with van der Waals surface area (Å²) in [7, 11) is 0. The van der Waals surface area contributed by atoms with E-state index in [0.717, 1.165) is 17.1 Å². The Labute approximate surface area is 177 Å².